The normalized spacial score (nSPS) is 11.3. The lowest BCUT2D eigenvalue weighted by Gasteiger charge is -2.36. The molecule has 0 aromatic carbocycles. The molecular formula is C13H19BrN2. The van der Waals surface area contributed by atoms with Gasteiger partial charge in [-0.25, -0.2) is 4.98 Å². The summed E-state index contributed by atoms with van der Waals surface area (Å²) in [6.45, 7) is 13.1. The molecule has 1 rings (SSSR count). The van der Waals surface area contributed by atoms with Gasteiger partial charge in [0, 0.05) is 16.6 Å². The molecule has 0 spiro atoms. The fourth-order valence-corrected chi connectivity index (χ4v) is 1.74. The first kappa shape index (κ1) is 13.2. The van der Waals surface area contributed by atoms with E-state index in [-0.39, 0.29) is 5.54 Å². The summed E-state index contributed by atoms with van der Waals surface area (Å²) in [4.78, 5) is 6.82. The highest BCUT2D eigenvalue weighted by Gasteiger charge is 2.21. The van der Waals surface area contributed by atoms with Gasteiger partial charge < -0.3 is 4.90 Å². The highest BCUT2D eigenvalue weighted by atomic mass is 79.9. The number of rotatable bonds is 3. The number of aryl methyl sites for hydroxylation is 1. The fourth-order valence-electron chi connectivity index (χ4n) is 1.52. The molecule has 0 saturated heterocycles. The quantitative estimate of drug-likeness (QED) is 0.781. The number of aromatic nitrogens is 1. The molecule has 2 nitrogen and oxygen atoms in total. The summed E-state index contributed by atoms with van der Waals surface area (Å²) in [6, 6.07) is 4.07. The Morgan fingerprint density at radius 3 is 2.50 bits per heavy atom. The van der Waals surface area contributed by atoms with Gasteiger partial charge in [-0.05, 0) is 55.8 Å². The van der Waals surface area contributed by atoms with Crippen LogP contribution in [0.1, 0.15) is 26.5 Å². The van der Waals surface area contributed by atoms with Crippen molar-refractivity contribution in [3.63, 3.8) is 0 Å². The van der Waals surface area contributed by atoms with E-state index in [0.29, 0.717) is 0 Å². The van der Waals surface area contributed by atoms with Crippen LogP contribution in [0.25, 0.3) is 0 Å². The zero-order chi connectivity index (χ0) is 12.3. The van der Waals surface area contributed by atoms with Gasteiger partial charge in [-0.2, -0.15) is 0 Å². The molecule has 0 aliphatic heterocycles. The van der Waals surface area contributed by atoms with Crippen LogP contribution < -0.4 is 4.90 Å². The lowest BCUT2D eigenvalue weighted by atomic mass is 10.1. The molecule has 0 fully saturated rings. The van der Waals surface area contributed by atoms with Crippen LogP contribution in [0.4, 0.5) is 5.82 Å². The van der Waals surface area contributed by atoms with Crippen LogP contribution in [-0.4, -0.2) is 17.1 Å². The maximum atomic E-state index is 4.59. The van der Waals surface area contributed by atoms with Gasteiger partial charge in [0.15, 0.2) is 0 Å². The Morgan fingerprint density at radius 1 is 1.44 bits per heavy atom. The Kier molecular flexibility index (Phi) is 4.14. The predicted octanol–water partition coefficient (Wildman–Crippen LogP) is 3.94. The van der Waals surface area contributed by atoms with Crippen molar-refractivity contribution in [3.8, 4) is 0 Å². The van der Waals surface area contributed by atoms with E-state index in [2.05, 4.69) is 53.2 Å². The van der Waals surface area contributed by atoms with Gasteiger partial charge in [0.05, 0.1) is 5.69 Å². The topological polar surface area (TPSA) is 16.1 Å². The molecule has 0 atom stereocenters. The summed E-state index contributed by atoms with van der Waals surface area (Å²) in [5.74, 6) is 0.994. The zero-order valence-corrected chi connectivity index (χ0v) is 12.0. The average Bonchev–Trinajstić information content (AvgIpc) is 2.17. The van der Waals surface area contributed by atoms with Crippen LogP contribution in [0.2, 0.25) is 0 Å². The molecule has 0 aliphatic carbocycles. The minimum absolute atomic E-state index is 0.0431. The number of nitrogens with zero attached hydrogens (tertiary/aromatic N) is 2. The van der Waals surface area contributed by atoms with Crippen LogP contribution in [0.15, 0.2) is 29.3 Å². The number of pyridine rings is 1. The summed E-state index contributed by atoms with van der Waals surface area (Å²) in [5, 5.41) is 0. The third kappa shape index (κ3) is 3.08. The lowest BCUT2D eigenvalue weighted by molar-refractivity contribution is 0.517. The van der Waals surface area contributed by atoms with Crippen molar-refractivity contribution < 1.29 is 0 Å². The largest absolute Gasteiger partial charge is 0.348 e. The number of halogens is 1. The maximum absolute atomic E-state index is 4.59. The van der Waals surface area contributed by atoms with Crippen LogP contribution in [0, 0.1) is 6.92 Å². The molecule has 0 aliphatic rings. The Hall–Kier alpha value is -0.830. The Morgan fingerprint density at radius 2 is 2.06 bits per heavy atom. The second-order valence-electron chi connectivity index (χ2n) is 4.81. The van der Waals surface area contributed by atoms with E-state index < -0.39 is 0 Å². The van der Waals surface area contributed by atoms with Gasteiger partial charge >= 0.3 is 0 Å². The third-order valence-electron chi connectivity index (χ3n) is 2.40. The smallest absolute Gasteiger partial charge is 0.129 e. The van der Waals surface area contributed by atoms with Crippen molar-refractivity contribution in [2.24, 2.45) is 0 Å². The van der Waals surface area contributed by atoms with E-state index in [4.69, 9.17) is 0 Å². The maximum Gasteiger partial charge on any atom is 0.129 e. The lowest BCUT2D eigenvalue weighted by Crippen LogP contribution is -2.42. The van der Waals surface area contributed by atoms with Gasteiger partial charge in [0.2, 0.25) is 0 Å². The van der Waals surface area contributed by atoms with E-state index in [1.54, 1.807) is 0 Å². The summed E-state index contributed by atoms with van der Waals surface area (Å²) < 4.78 is 1.05. The van der Waals surface area contributed by atoms with Gasteiger partial charge in [-0.1, -0.05) is 6.08 Å². The van der Waals surface area contributed by atoms with Crippen molar-refractivity contribution in [1.29, 1.82) is 0 Å². The van der Waals surface area contributed by atoms with Crippen molar-refractivity contribution >= 4 is 21.7 Å². The fraction of sp³-hybridized carbons (Fsp3) is 0.462. The van der Waals surface area contributed by atoms with Crippen LogP contribution >= 0.6 is 15.9 Å². The van der Waals surface area contributed by atoms with E-state index in [0.717, 1.165) is 22.5 Å². The van der Waals surface area contributed by atoms with Crippen molar-refractivity contribution in [3.05, 3.63) is 35.0 Å². The predicted molar refractivity (Wildman–Crippen MR) is 74.0 cm³/mol. The summed E-state index contributed by atoms with van der Waals surface area (Å²) in [5.41, 5.74) is 1.05. The van der Waals surface area contributed by atoms with E-state index >= 15 is 0 Å². The average molecular weight is 283 g/mol. The van der Waals surface area contributed by atoms with Crippen LogP contribution in [0.5, 0.6) is 0 Å². The Balaban J connectivity index is 3.11. The first-order chi connectivity index (χ1) is 7.36. The molecule has 0 bridgehead atoms. The van der Waals surface area contributed by atoms with E-state index in [1.807, 2.05) is 25.1 Å². The molecule has 0 unspecified atom stereocenters. The SMILES string of the molecule is C=CCN(c1ccc(Br)c(C)n1)C(C)(C)C. The summed E-state index contributed by atoms with van der Waals surface area (Å²) in [6.07, 6.45) is 1.91. The Bertz CT molecular complexity index is 380. The van der Waals surface area contributed by atoms with Crippen LogP contribution in [-0.2, 0) is 0 Å². The second kappa shape index (κ2) is 5.00. The molecule has 1 aromatic heterocycles. The van der Waals surface area contributed by atoms with Crippen molar-refractivity contribution in [2.45, 2.75) is 33.2 Å². The minimum Gasteiger partial charge on any atom is -0.348 e. The van der Waals surface area contributed by atoms with Crippen molar-refractivity contribution in [2.75, 3.05) is 11.4 Å². The number of anilines is 1. The monoisotopic (exact) mass is 282 g/mol. The molecular weight excluding hydrogens is 264 g/mol. The second-order valence-corrected chi connectivity index (χ2v) is 5.66. The number of hydrogen-bond acceptors (Lipinski definition) is 2. The summed E-state index contributed by atoms with van der Waals surface area (Å²) >= 11 is 3.47. The highest BCUT2D eigenvalue weighted by molar-refractivity contribution is 9.10. The highest BCUT2D eigenvalue weighted by Crippen LogP contribution is 2.24. The molecule has 0 N–H and O–H groups in total. The zero-order valence-electron chi connectivity index (χ0n) is 10.4. The molecule has 0 saturated carbocycles. The van der Waals surface area contributed by atoms with Gasteiger partial charge in [0.1, 0.15) is 5.82 Å². The van der Waals surface area contributed by atoms with E-state index in [9.17, 15) is 0 Å². The third-order valence-corrected chi connectivity index (χ3v) is 3.24. The van der Waals surface area contributed by atoms with Gasteiger partial charge in [-0.15, -0.1) is 6.58 Å². The molecule has 1 aromatic rings. The molecule has 16 heavy (non-hydrogen) atoms. The van der Waals surface area contributed by atoms with Gasteiger partial charge in [-0.3, -0.25) is 0 Å². The molecule has 3 heteroatoms. The molecule has 88 valence electrons. The molecule has 0 radical (unpaired) electrons. The van der Waals surface area contributed by atoms with E-state index in [1.165, 1.54) is 0 Å². The van der Waals surface area contributed by atoms with Crippen molar-refractivity contribution in [1.82, 2.24) is 4.98 Å². The van der Waals surface area contributed by atoms with Crippen LogP contribution in [0.3, 0.4) is 0 Å². The first-order valence-electron chi connectivity index (χ1n) is 5.38. The molecule has 1 heterocycles. The first-order valence-corrected chi connectivity index (χ1v) is 6.17. The van der Waals surface area contributed by atoms with Gasteiger partial charge in [0.25, 0.3) is 0 Å². The standard InChI is InChI=1S/C13H19BrN2/c1-6-9-16(13(3,4)5)12-8-7-11(14)10(2)15-12/h6-8H,1,9H2,2-5H3. The minimum atomic E-state index is 0.0431. The number of hydrogen-bond donors (Lipinski definition) is 0. The Labute approximate surface area is 107 Å². The summed E-state index contributed by atoms with van der Waals surface area (Å²) in [7, 11) is 0. The molecule has 0 amide bonds.